The van der Waals surface area contributed by atoms with Crippen LogP contribution in [0.4, 0.5) is 5.82 Å². The van der Waals surface area contributed by atoms with Gasteiger partial charge in [0.2, 0.25) is 5.91 Å². The molecule has 1 fully saturated rings. The van der Waals surface area contributed by atoms with Crippen LogP contribution in [0.3, 0.4) is 0 Å². The molecule has 7 nitrogen and oxygen atoms in total. The normalized spacial score (nSPS) is 17.2. The molecule has 0 aliphatic carbocycles. The quantitative estimate of drug-likeness (QED) is 0.818. The van der Waals surface area contributed by atoms with Gasteiger partial charge in [0.15, 0.2) is 0 Å². The van der Waals surface area contributed by atoms with E-state index in [1.165, 1.54) is 18.5 Å². The highest BCUT2D eigenvalue weighted by atomic mass is 79.9. The summed E-state index contributed by atoms with van der Waals surface area (Å²) in [7, 11) is 0. The smallest absolute Gasteiger partial charge is 0.257 e. The Morgan fingerprint density at radius 1 is 1.28 bits per heavy atom. The van der Waals surface area contributed by atoms with E-state index < -0.39 is 0 Å². The zero-order valence-electron chi connectivity index (χ0n) is 13.4. The Hall–Kier alpha value is -2.48. The third-order valence-corrected chi connectivity index (χ3v) is 4.56. The number of hydrogen-bond donors (Lipinski definition) is 2. The molecule has 0 saturated carbocycles. The largest absolute Gasteiger partial charge is 0.505 e. The second-order valence-corrected chi connectivity index (χ2v) is 6.75. The zero-order chi connectivity index (χ0) is 17.8. The van der Waals surface area contributed by atoms with Crippen molar-refractivity contribution in [2.45, 2.75) is 12.8 Å². The van der Waals surface area contributed by atoms with Gasteiger partial charge >= 0.3 is 0 Å². The number of aromatic hydroxyl groups is 1. The number of halogens is 1. The minimum Gasteiger partial charge on any atom is -0.505 e. The highest BCUT2D eigenvalue weighted by molar-refractivity contribution is 9.10. The van der Waals surface area contributed by atoms with Crippen molar-refractivity contribution in [2.24, 2.45) is 5.92 Å². The maximum Gasteiger partial charge on any atom is 0.257 e. The summed E-state index contributed by atoms with van der Waals surface area (Å²) < 4.78 is 0.831. The van der Waals surface area contributed by atoms with E-state index in [1.54, 1.807) is 23.2 Å². The number of nitrogens with zero attached hydrogens (tertiary/aromatic N) is 3. The number of anilines is 1. The van der Waals surface area contributed by atoms with Crippen molar-refractivity contribution in [3.05, 3.63) is 46.8 Å². The van der Waals surface area contributed by atoms with Crippen LogP contribution in [0.5, 0.6) is 5.75 Å². The van der Waals surface area contributed by atoms with Gasteiger partial charge in [-0.15, -0.1) is 0 Å². The van der Waals surface area contributed by atoms with E-state index in [-0.39, 0.29) is 29.0 Å². The molecule has 2 amide bonds. The van der Waals surface area contributed by atoms with E-state index >= 15 is 0 Å². The standard InChI is InChI=1S/C17H17BrN4O3/c18-12-3-4-15(20-8-12)21-16(24)11-2-1-7-22(10-11)17(25)13-5-6-19-9-14(13)23/h3-6,8-9,11,23H,1-2,7,10H2,(H,20,21,24)/t11-/m0/s1. The van der Waals surface area contributed by atoms with Gasteiger partial charge in [-0.1, -0.05) is 0 Å². The number of hydrogen-bond acceptors (Lipinski definition) is 5. The van der Waals surface area contributed by atoms with Crippen LogP contribution in [0.2, 0.25) is 0 Å². The molecular formula is C17H17BrN4O3. The highest BCUT2D eigenvalue weighted by Crippen LogP contribution is 2.23. The van der Waals surface area contributed by atoms with E-state index in [2.05, 4.69) is 31.2 Å². The first-order chi connectivity index (χ1) is 12.0. The molecule has 0 radical (unpaired) electrons. The summed E-state index contributed by atoms with van der Waals surface area (Å²) in [4.78, 5) is 34.5. The average Bonchev–Trinajstić information content (AvgIpc) is 2.63. The molecule has 3 rings (SSSR count). The first-order valence-electron chi connectivity index (χ1n) is 7.89. The van der Waals surface area contributed by atoms with Gasteiger partial charge < -0.3 is 15.3 Å². The summed E-state index contributed by atoms with van der Waals surface area (Å²) in [6, 6.07) is 4.99. The molecule has 2 aromatic rings. The maximum atomic E-state index is 12.6. The van der Waals surface area contributed by atoms with Gasteiger partial charge in [-0.05, 0) is 47.0 Å². The summed E-state index contributed by atoms with van der Waals surface area (Å²) >= 11 is 3.30. The lowest BCUT2D eigenvalue weighted by Gasteiger charge is -2.32. The van der Waals surface area contributed by atoms with Crippen molar-refractivity contribution in [3.63, 3.8) is 0 Å². The van der Waals surface area contributed by atoms with Crippen LogP contribution in [0.15, 0.2) is 41.3 Å². The molecule has 0 bridgehead atoms. The third kappa shape index (κ3) is 4.14. The number of likely N-dealkylation sites (tertiary alicyclic amines) is 1. The van der Waals surface area contributed by atoms with Crippen LogP contribution in [0.1, 0.15) is 23.2 Å². The van der Waals surface area contributed by atoms with Crippen molar-refractivity contribution < 1.29 is 14.7 Å². The van der Waals surface area contributed by atoms with Gasteiger partial charge in [-0.2, -0.15) is 0 Å². The number of aromatic nitrogens is 2. The molecule has 1 aliphatic heterocycles. The van der Waals surface area contributed by atoms with Crippen molar-refractivity contribution in [3.8, 4) is 5.75 Å². The molecule has 2 N–H and O–H groups in total. The van der Waals surface area contributed by atoms with Crippen molar-refractivity contribution >= 4 is 33.6 Å². The van der Waals surface area contributed by atoms with Gasteiger partial charge in [0, 0.05) is 30.0 Å². The summed E-state index contributed by atoms with van der Waals surface area (Å²) in [6.07, 6.45) is 5.73. The van der Waals surface area contributed by atoms with Gasteiger partial charge in [0.25, 0.3) is 5.91 Å². The molecule has 25 heavy (non-hydrogen) atoms. The molecular weight excluding hydrogens is 388 g/mol. The van der Waals surface area contributed by atoms with E-state index in [0.717, 1.165) is 10.9 Å². The predicted octanol–water partition coefficient (Wildman–Crippen LogP) is 2.44. The maximum absolute atomic E-state index is 12.6. The van der Waals surface area contributed by atoms with Crippen LogP contribution in [-0.4, -0.2) is 44.9 Å². The predicted molar refractivity (Wildman–Crippen MR) is 95.1 cm³/mol. The van der Waals surface area contributed by atoms with Gasteiger partial charge in [-0.3, -0.25) is 14.6 Å². The molecule has 3 heterocycles. The first kappa shape index (κ1) is 17.3. The molecule has 1 atom stereocenters. The second-order valence-electron chi connectivity index (χ2n) is 5.83. The fourth-order valence-corrected chi connectivity index (χ4v) is 3.03. The van der Waals surface area contributed by atoms with Crippen molar-refractivity contribution in [1.82, 2.24) is 14.9 Å². The van der Waals surface area contributed by atoms with E-state index in [4.69, 9.17) is 0 Å². The number of amides is 2. The SMILES string of the molecule is O=C(Nc1ccc(Br)cn1)[C@H]1CCCN(C(=O)c2ccncc2O)C1. The number of nitrogens with one attached hydrogen (secondary N) is 1. The minimum absolute atomic E-state index is 0.155. The first-order valence-corrected chi connectivity index (χ1v) is 8.68. The monoisotopic (exact) mass is 404 g/mol. The van der Waals surface area contributed by atoms with Gasteiger partial charge in [-0.25, -0.2) is 4.98 Å². The molecule has 8 heteroatoms. The Balaban J connectivity index is 1.66. The van der Waals surface area contributed by atoms with Crippen LogP contribution < -0.4 is 5.32 Å². The van der Waals surface area contributed by atoms with Crippen molar-refractivity contribution in [2.75, 3.05) is 18.4 Å². The van der Waals surface area contributed by atoms with Crippen LogP contribution in [0.25, 0.3) is 0 Å². The number of rotatable bonds is 3. The van der Waals surface area contributed by atoms with Crippen LogP contribution in [-0.2, 0) is 4.79 Å². The lowest BCUT2D eigenvalue weighted by atomic mass is 9.96. The molecule has 0 spiro atoms. The van der Waals surface area contributed by atoms with E-state index in [0.29, 0.717) is 25.3 Å². The number of pyridine rings is 2. The van der Waals surface area contributed by atoms with Crippen LogP contribution in [0, 0.1) is 5.92 Å². The minimum atomic E-state index is -0.313. The number of carbonyl (C=O) groups is 2. The Labute approximate surface area is 153 Å². The fourth-order valence-electron chi connectivity index (χ4n) is 2.79. The molecule has 1 saturated heterocycles. The molecule has 1 aliphatic rings. The number of piperidine rings is 1. The average molecular weight is 405 g/mol. The second kappa shape index (κ2) is 7.60. The Bertz CT molecular complexity index is 782. The lowest BCUT2D eigenvalue weighted by Crippen LogP contribution is -2.43. The van der Waals surface area contributed by atoms with E-state index in [1.807, 2.05) is 0 Å². The fraction of sp³-hybridized carbons (Fsp3) is 0.294. The topological polar surface area (TPSA) is 95.4 Å². The zero-order valence-corrected chi connectivity index (χ0v) is 14.9. The highest BCUT2D eigenvalue weighted by Gasteiger charge is 2.30. The molecule has 130 valence electrons. The van der Waals surface area contributed by atoms with Gasteiger partial charge in [0.05, 0.1) is 17.7 Å². The number of carbonyl (C=O) groups excluding carboxylic acids is 2. The summed E-state index contributed by atoms with van der Waals surface area (Å²) in [5.74, 6) is -0.445. The molecule has 2 aromatic heterocycles. The van der Waals surface area contributed by atoms with Gasteiger partial charge in [0.1, 0.15) is 11.6 Å². The van der Waals surface area contributed by atoms with Crippen molar-refractivity contribution in [1.29, 1.82) is 0 Å². The van der Waals surface area contributed by atoms with E-state index in [9.17, 15) is 14.7 Å². The third-order valence-electron chi connectivity index (χ3n) is 4.09. The molecule has 0 aromatic carbocycles. The van der Waals surface area contributed by atoms with Crippen LogP contribution >= 0.6 is 15.9 Å². The summed E-state index contributed by atoms with van der Waals surface area (Å²) in [5.41, 5.74) is 0.200. The Morgan fingerprint density at radius 2 is 2.12 bits per heavy atom. The lowest BCUT2D eigenvalue weighted by molar-refractivity contribution is -0.121. The molecule has 0 unspecified atom stereocenters. The summed E-state index contributed by atoms with van der Waals surface area (Å²) in [5, 5.41) is 12.6. The summed E-state index contributed by atoms with van der Waals surface area (Å²) in [6.45, 7) is 0.865. The Morgan fingerprint density at radius 3 is 2.84 bits per heavy atom. The Kier molecular flexibility index (Phi) is 5.28.